The van der Waals surface area contributed by atoms with Gasteiger partial charge in [0.15, 0.2) is 0 Å². The number of benzene rings is 2. The molecule has 0 fully saturated rings. The van der Waals surface area contributed by atoms with E-state index in [1.165, 1.54) is 11.1 Å². The standard InChI is InChI=1S/C17H17Cl2NO/c1-11(12-2-4-14(18)5-3-12)20-10-16-9-13-8-15(19)6-7-17(13)21-16/h2-8,11,16,20H,9-10H2,1H3/t11-,16?/m0/s1. The highest BCUT2D eigenvalue weighted by Gasteiger charge is 2.23. The zero-order chi connectivity index (χ0) is 14.8. The summed E-state index contributed by atoms with van der Waals surface area (Å²) in [7, 11) is 0. The summed E-state index contributed by atoms with van der Waals surface area (Å²) in [6.07, 6.45) is 1.06. The maximum Gasteiger partial charge on any atom is 0.123 e. The molecule has 2 aromatic rings. The van der Waals surface area contributed by atoms with Crippen LogP contribution in [-0.4, -0.2) is 12.6 Å². The normalized spacial score (nSPS) is 18.1. The molecule has 0 amide bonds. The van der Waals surface area contributed by atoms with Gasteiger partial charge >= 0.3 is 0 Å². The van der Waals surface area contributed by atoms with E-state index in [2.05, 4.69) is 12.2 Å². The molecule has 1 heterocycles. The molecule has 1 aliphatic heterocycles. The summed E-state index contributed by atoms with van der Waals surface area (Å²) in [6.45, 7) is 2.94. The Kier molecular flexibility index (Phi) is 4.39. The molecule has 21 heavy (non-hydrogen) atoms. The number of ether oxygens (including phenoxy) is 1. The first-order chi connectivity index (χ1) is 10.1. The fourth-order valence-corrected chi connectivity index (χ4v) is 2.90. The molecule has 0 aromatic heterocycles. The molecule has 0 aliphatic carbocycles. The predicted molar refractivity (Wildman–Crippen MR) is 87.4 cm³/mol. The van der Waals surface area contributed by atoms with E-state index in [4.69, 9.17) is 27.9 Å². The van der Waals surface area contributed by atoms with Crippen LogP contribution >= 0.6 is 23.2 Å². The van der Waals surface area contributed by atoms with E-state index >= 15 is 0 Å². The molecule has 2 aromatic carbocycles. The van der Waals surface area contributed by atoms with Crippen LogP contribution in [0.4, 0.5) is 0 Å². The Morgan fingerprint density at radius 2 is 1.86 bits per heavy atom. The van der Waals surface area contributed by atoms with Gasteiger partial charge < -0.3 is 10.1 Å². The summed E-state index contributed by atoms with van der Waals surface area (Å²) < 4.78 is 5.93. The van der Waals surface area contributed by atoms with Crippen molar-refractivity contribution < 1.29 is 4.74 Å². The van der Waals surface area contributed by atoms with Crippen molar-refractivity contribution in [1.29, 1.82) is 0 Å². The molecule has 0 bridgehead atoms. The van der Waals surface area contributed by atoms with Gasteiger partial charge in [-0.2, -0.15) is 0 Å². The van der Waals surface area contributed by atoms with E-state index in [0.29, 0.717) is 0 Å². The molecule has 2 nitrogen and oxygen atoms in total. The number of rotatable bonds is 4. The van der Waals surface area contributed by atoms with Crippen molar-refractivity contribution in [3.05, 3.63) is 63.6 Å². The van der Waals surface area contributed by atoms with Crippen molar-refractivity contribution in [2.75, 3.05) is 6.54 Å². The van der Waals surface area contributed by atoms with Gasteiger partial charge in [0.25, 0.3) is 0 Å². The molecule has 0 saturated heterocycles. The van der Waals surface area contributed by atoms with Crippen molar-refractivity contribution >= 4 is 23.2 Å². The molecule has 2 atom stereocenters. The molecular weight excluding hydrogens is 305 g/mol. The lowest BCUT2D eigenvalue weighted by molar-refractivity contribution is 0.222. The maximum atomic E-state index is 6.01. The molecule has 0 spiro atoms. The van der Waals surface area contributed by atoms with Gasteiger partial charge in [0.2, 0.25) is 0 Å². The van der Waals surface area contributed by atoms with Gasteiger partial charge in [-0.15, -0.1) is 0 Å². The molecule has 110 valence electrons. The topological polar surface area (TPSA) is 21.3 Å². The summed E-state index contributed by atoms with van der Waals surface area (Å²) >= 11 is 11.9. The van der Waals surface area contributed by atoms with E-state index in [9.17, 15) is 0 Å². The van der Waals surface area contributed by atoms with Crippen LogP contribution in [-0.2, 0) is 6.42 Å². The Hall–Kier alpha value is -1.22. The lowest BCUT2D eigenvalue weighted by Crippen LogP contribution is -2.31. The second-order valence-electron chi connectivity index (χ2n) is 5.38. The average molecular weight is 322 g/mol. The zero-order valence-electron chi connectivity index (χ0n) is 11.8. The van der Waals surface area contributed by atoms with Gasteiger partial charge in [-0.1, -0.05) is 35.3 Å². The Labute approximate surface area is 135 Å². The minimum Gasteiger partial charge on any atom is -0.488 e. The van der Waals surface area contributed by atoms with Crippen LogP contribution in [0.3, 0.4) is 0 Å². The second kappa shape index (κ2) is 6.27. The monoisotopic (exact) mass is 321 g/mol. The number of hydrogen-bond donors (Lipinski definition) is 1. The molecular formula is C17H17Cl2NO. The van der Waals surface area contributed by atoms with E-state index in [-0.39, 0.29) is 12.1 Å². The van der Waals surface area contributed by atoms with Crippen molar-refractivity contribution in [3.8, 4) is 5.75 Å². The van der Waals surface area contributed by atoms with Gasteiger partial charge in [-0.25, -0.2) is 0 Å². The molecule has 1 aliphatic rings. The summed E-state index contributed by atoms with van der Waals surface area (Å²) in [4.78, 5) is 0. The molecule has 1 N–H and O–H groups in total. The highest BCUT2D eigenvalue weighted by Crippen LogP contribution is 2.31. The van der Waals surface area contributed by atoms with E-state index in [0.717, 1.165) is 28.8 Å². The summed E-state index contributed by atoms with van der Waals surface area (Å²) in [5.74, 6) is 0.949. The van der Waals surface area contributed by atoms with Crippen molar-refractivity contribution in [2.45, 2.75) is 25.5 Å². The largest absolute Gasteiger partial charge is 0.488 e. The van der Waals surface area contributed by atoms with Gasteiger partial charge in [0.05, 0.1) is 0 Å². The van der Waals surface area contributed by atoms with E-state index < -0.39 is 0 Å². The smallest absolute Gasteiger partial charge is 0.123 e. The maximum absolute atomic E-state index is 6.01. The van der Waals surface area contributed by atoms with Gasteiger partial charge in [0.1, 0.15) is 11.9 Å². The number of nitrogens with one attached hydrogen (secondary N) is 1. The predicted octanol–water partition coefficient (Wildman–Crippen LogP) is 4.65. The summed E-state index contributed by atoms with van der Waals surface area (Å²) in [6, 6.07) is 14.0. The summed E-state index contributed by atoms with van der Waals surface area (Å²) in [5.41, 5.74) is 2.41. The van der Waals surface area contributed by atoms with Crippen molar-refractivity contribution in [3.63, 3.8) is 0 Å². The van der Waals surface area contributed by atoms with Crippen LogP contribution in [0.15, 0.2) is 42.5 Å². The van der Waals surface area contributed by atoms with Gasteiger partial charge in [0, 0.05) is 29.1 Å². The zero-order valence-corrected chi connectivity index (χ0v) is 13.3. The number of halogens is 2. The lowest BCUT2D eigenvalue weighted by Gasteiger charge is -2.17. The van der Waals surface area contributed by atoms with Crippen LogP contribution in [0.1, 0.15) is 24.1 Å². The Bertz CT molecular complexity index is 627. The third-order valence-electron chi connectivity index (χ3n) is 3.79. The van der Waals surface area contributed by atoms with Crippen LogP contribution in [0.25, 0.3) is 0 Å². The highest BCUT2D eigenvalue weighted by molar-refractivity contribution is 6.30. The van der Waals surface area contributed by atoms with Gasteiger partial charge in [-0.05, 0) is 48.4 Å². The number of hydrogen-bond acceptors (Lipinski definition) is 2. The molecule has 4 heteroatoms. The molecule has 3 rings (SSSR count). The van der Waals surface area contributed by atoms with Gasteiger partial charge in [-0.3, -0.25) is 0 Å². The SMILES string of the molecule is C[C@H](NCC1Cc2cc(Cl)ccc2O1)c1ccc(Cl)cc1. The second-order valence-corrected chi connectivity index (χ2v) is 6.25. The Morgan fingerprint density at radius 3 is 2.62 bits per heavy atom. The van der Waals surface area contributed by atoms with E-state index in [1.807, 2.05) is 42.5 Å². The third kappa shape index (κ3) is 3.52. The van der Waals surface area contributed by atoms with Crippen LogP contribution in [0.2, 0.25) is 10.0 Å². The number of fused-ring (bicyclic) bond motifs is 1. The fourth-order valence-electron chi connectivity index (χ4n) is 2.58. The van der Waals surface area contributed by atoms with Crippen molar-refractivity contribution in [1.82, 2.24) is 5.32 Å². The fraction of sp³-hybridized carbons (Fsp3) is 0.294. The molecule has 0 radical (unpaired) electrons. The quantitative estimate of drug-likeness (QED) is 0.885. The van der Waals surface area contributed by atoms with E-state index in [1.54, 1.807) is 0 Å². The minimum absolute atomic E-state index is 0.160. The first-order valence-corrected chi connectivity index (χ1v) is 7.81. The first kappa shape index (κ1) is 14.7. The molecule has 1 unspecified atom stereocenters. The Balaban J connectivity index is 1.56. The summed E-state index contributed by atoms with van der Waals surface area (Å²) in [5, 5.41) is 5.03. The van der Waals surface area contributed by atoms with Crippen LogP contribution in [0.5, 0.6) is 5.75 Å². The lowest BCUT2D eigenvalue weighted by atomic mass is 10.1. The first-order valence-electron chi connectivity index (χ1n) is 7.06. The molecule has 0 saturated carbocycles. The minimum atomic E-state index is 0.160. The Morgan fingerprint density at radius 1 is 1.14 bits per heavy atom. The van der Waals surface area contributed by atoms with Crippen molar-refractivity contribution in [2.24, 2.45) is 0 Å². The van der Waals surface area contributed by atoms with Crippen LogP contribution < -0.4 is 10.1 Å². The third-order valence-corrected chi connectivity index (χ3v) is 4.27. The average Bonchev–Trinajstić information content (AvgIpc) is 2.87. The van der Waals surface area contributed by atoms with Crippen LogP contribution in [0, 0.1) is 0 Å². The highest BCUT2D eigenvalue weighted by atomic mass is 35.5.